The number of amides is 2. The van der Waals surface area contributed by atoms with Crippen LogP contribution < -0.4 is 20.3 Å². The summed E-state index contributed by atoms with van der Waals surface area (Å²) in [5.41, 5.74) is 2.26. The molecule has 0 saturated carbocycles. The van der Waals surface area contributed by atoms with E-state index in [-0.39, 0.29) is 17.9 Å². The maximum absolute atomic E-state index is 13.0. The molecule has 36 heavy (non-hydrogen) atoms. The molecule has 1 saturated heterocycles. The van der Waals surface area contributed by atoms with Gasteiger partial charge in [-0.25, -0.2) is 9.59 Å². The second-order valence-corrected chi connectivity index (χ2v) is 8.43. The van der Waals surface area contributed by atoms with Crippen LogP contribution in [0.25, 0.3) is 0 Å². The lowest BCUT2D eigenvalue weighted by Gasteiger charge is -2.38. The predicted molar refractivity (Wildman–Crippen MR) is 133 cm³/mol. The molecule has 190 valence electrons. The molecule has 1 unspecified atom stereocenters. The van der Waals surface area contributed by atoms with E-state index >= 15 is 0 Å². The standard InChI is InChI=1S/C25H29N5O6/c1-3-36-24(31)22-19(26-25(32)27-23(22)17-8-10-18(11-9-17)30(33)34)16-28-12-14-29(15-13-28)20-6-4-5-7-21(20)35-2/h4-11,23H,3,12-16H2,1-2H3,(H2,26,27,32). The number of nitro benzene ring substituents is 1. The number of methoxy groups -OCH3 is 1. The van der Waals surface area contributed by atoms with Crippen molar-refractivity contribution in [3.05, 3.63) is 75.5 Å². The second-order valence-electron chi connectivity index (χ2n) is 8.43. The summed E-state index contributed by atoms with van der Waals surface area (Å²) >= 11 is 0. The normalized spacial score (nSPS) is 18.3. The summed E-state index contributed by atoms with van der Waals surface area (Å²) in [4.78, 5) is 40.5. The summed E-state index contributed by atoms with van der Waals surface area (Å²) in [6.07, 6.45) is 0. The van der Waals surface area contributed by atoms with Gasteiger partial charge in [0, 0.05) is 50.6 Å². The number of hydrogen-bond donors (Lipinski definition) is 2. The summed E-state index contributed by atoms with van der Waals surface area (Å²) in [6.45, 7) is 5.16. The van der Waals surface area contributed by atoms with E-state index in [1.54, 1.807) is 14.0 Å². The summed E-state index contributed by atoms with van der Waals surface area (Å²) in [6, 6.07) is 12.4. The van der Waals surface area contributed by atoms with Gasteiger partial charge in [0.1, 0.15) is 5.75 Å². The summed E-state index contributed by atoms with van der Waals surface area (Å²) in [5.74, 6) is 0.269. The minimum absolute atomic E-state index is 0.0752. The highest BCUT2D eigenvalue weighted by Gasteiger charge is 2.35. The third-order valence-corrected chi connectivity index (χ3v) is 6.27. The number of nitrogens with one attached hydrogen (secondary N) is 2. The minimum Gasteiger partial charge on any atom is -0.495 e. The van der Waals surface area contributed by atoms with Gasteiger partial charge in [-0.15, -0.1) is 0 Å². The van der Waals surface area contributed by atoms with Gasteiger partial charge >= 0.3 is 12.0 Å². The molecule has 2 aliphatic heterocycles. The van der Waals surface area contributed by atoms with E-state index in [1.807, 2.05) is 24.3 Å². The van der Waals surface area contributed by atoms with Gasteiger partial charge in [0.05, 0.1) is 35.9 Å². The number of rotatable bonds is 8. The second kappa shape index (κ2) is 11.1. The number of para-hydroxylation sites is 2. The van der Waals surface area contributed by atoms with Crippen LogP contribution in [0, 0.1) is 10.1 Å². The van der Waals surface area contributed by atoms with Crippen molar-refractivity contribution in [2.45, 2.75) is 13.0 Å². The number of carbonyl (C=O) groups is 2. The smallest absolute Gasteiger partial charge is 0.338 e. The first kappa shape index (κ1) is 25.0. The van der Waals surface area contributed by atoms with E-state index < -0.39 is 23.0 Å². The summed E-state index contributed by atoms with van der Waals surface area (Å²) < 4.78 is 10.8. The predicted octanol–water partition coefficient (Wildman–Crippen LogP) is 2.60. The number of anilines is 1. The van der Waals surface area contributed by atoms with Crippen molar-refractivity contribution in [1.29, 1.82) is 0 Å². The lowest BCUT2D eigenvalue weighted by atomic mass is 9.94. The van der Waals surface area contributed by atoms with Crippen molar-refractivity contribution in [3.63, 3.8) is 0 Å². The lowest BCUT2D eigenvalue weighted by molar-refractivity contribution is -0.384. The molecular weight excluding hydrogens is 466 g/mol. The molecule has 0 radical (unpaired) electrons. The monoisotopic (exact) mass is 495 g/mol. The Bertz CT molecular complexity index is 1160. The fourth-order valence-corrected chi connectivity index (χ4v) is 4.49. The van der Waals surface area contributed by atoms with E-state index in [2.05, 4.69) is 20.4 Å². The third kappa shape index (κ3) is 5.41. The molecule has 2 aliphatic rings. The van der Waals surface area contributed by atoms with Crippen molar-refractivity contribution in [2.24, 2.45) is 0 Å². The van der Waals surface area contributed by atoms with Crippen LogP contribution >= 0.6 is 0 Å². The molecular formula is C25H29N5O6. The van der Waals surface area contributed by atoms with E-state index in [1.165, 1.54) is 24.3 Å². The average Bonchev–Trinajstić information content (AvgIpc) is 2.89. The van der Waals surface area contributed by atoms with Crippen LogP contribution in [0.4, 0.5) is 16.2 Å². The number of non-ortho nitro benzene ring substituents is 1. The van der Waals surface area contributed by atoms with Crippen molar-refractivity contribution >= 4 is 23.4 Å². The first-order chi connectivity index (χ1) is 17.4. The zero-order valence-corrected chi connectivity index (χ0v) is 20.2. The van der Waals surface area contributed by atoms with Crippen LogP contribution in [0.3, 0.4) is 0 Å². The van der Waals surface area contributed by atoms with Crippen LogP contribution in [-0.2, 0) is 9.53 Å². The highest BCUT2D eigenvalue weighted by Crippen LogP contribution is 2.31. The number of ether oxygens (including phenoxy) is 2. The van der Waals surface area contributed by atoms with Gasteiger partial charge in [-0.2, -0.15) is 0 Å². The number of benzene rings is 2. The molecule has 2 N–H and O–H groups in total. The first-order valence-electron chi connectivity index (χ1n) is 11.7. The first-order valence-corrected chi connectivity index (χ1v) is 11.7. The fraction of sp³-hybridized carbons (Fsp3) is 0.360. The van der Waals surface area contributed by atoms with Crippen LogP contribution in [-0.4, -0.2) is 68.3 Å². The quantitative estimate of drug-likeness (QED) is 0.325. The molecule has 1 atom stereocenters. The number of hydrogen-bond acceptors (Lipinski definition) is 8. The van der Waals surface area contributed by atoms with Gasteiger partial charge < -0.3 is 25.0 Å². The van der Waals surface area contributed by atoms with E-state index in [0.29, 0.717) is 30.9 Å². The van der Waals surface area contributed by atoms with Gasteiger partial charge in [-0.3, -0.25) is 15.0 Å². The van der Waals surface area contributed by atoms with E-state index in [9.17, 15) is 19.7 Å². The SMILES string of the molecule is CCOC(=O)C1=C(CN2CCN(c3ccccc3OC)CC2)NC(=O)NC1c1ccc([N+](=O)[O-])cc1. The molecule has 1 fully saturated rings. The highest BCUT2D eigenvalue weighted by atomic mass is 16.6. The Kier molecular flexibility index (Phi) is 7.69. The van der Waals surface area contributed by atoms with Gasteiger partial charge in [-0.1, -0.05) is 12.1 Å². The van der Waals surface area contributed by atoms with Crippen LogP contribution in [0.1, 0.15) is 18.5 Å². The van der Waals surface area contributed by atoms with E-state index in [4.69, 9.17) is 9.47 Å². The molecule has 0 aliphatic carbocycles. The maximum atomic E-state index is 13.0. The Hall–Kier alpha value is -4.12. The maximum Gasteiger partial charge on any atom is 0.338 e. The van der Waals surface area contributed by atoms with Crippen LogP contribution in [0.15, 0.2) is 59.8 Å². The summed E-state index contributed by atoms with van der Waals surface area (Å²) in [5, 5.41) is 16.6. The Balaban J connectivity index is 1.56. The fourth-order valence-electron chi connectivity index (χ4n) is 4.49. The van der Waals surface area contributed by atoms with Crippen molar-refractivity contribution < 1.29 is 24.0 Å². The molecule has 4 rings (SSSR count). The highest BCUT2D eigenvalue weighted by molar-refractivity contribution is 5.95. The number of urea groups is 1. The Morgan fingerprint density at radius 2 is 1.81 bits per heavy atom. The average molecular weight is 496 g/mol. The zero-order chi connectivity index (χ0) is 25.7. The van der Waals surface area contributed by atoms with Gasteiger partial charge in [0.25, 0.3) is 5.69 Å². The van der Waals surface area contributed by atoms with Gasteiger partial charge in [0.2, 0.25) is 0 Å². The largest absolute Gasteiger partial charge is 0.495 e. The number of nitrogens with zero attached hydrogens (tertiary/aromatic N) is 3. The van der Waals surface area contributed by atoms with Crippen LogP contribution in [0.5, 0.6) is 5.75 Å². The zero-order valence-electron chi connectivity index (χ0n) is 20.2. The molecule has 2 heterocycles. The molecule has 0 aromatic heterocycles. The van der Waals surface area contributed by atoms with Crippen molar-refractivity contribution in [2.75, 3.05) is 51.3 Å². The van der Waals surface area contributed by atoms with Crippen LogP contribution in [0.2, 0.25) is 0 Å². The molecule has 11 nitrogen and oxygen atoms in total. The molecule has 0 bridgehead atoms. The van der Waals surface area contributed by atoms with Crippen molar-refractivity contribution in [3.8, 4) is 5.75 Å². The third-order valence-electron chi connectivity index (χ3n) is 6.27. The molecule has 2 aromatic rings. The number of carbonyl (C=O) groups excluding carboxylic acids is 2. The lowest BCUT2D eigenvalue weighted by Crippen LogP contribution is -2.51. The number of piperazine rings is 1. The summed E-state index contributed by atoms with van der Waals surface area (Å²) in [7, 11) is 1.65. The molecule has 2 aromatic carbocycles. The Morgan fingerprint density at radius 3 is 2.44 bits per heavy atom. The molecule has 0 spiro atoms. The minimum atomic E-state index is -0.788. The topological polar surface area (TPSA) is 126 Å². The Labute approximate surface area is 208 Å². The Morgan fingerprint density at radius 1 is 1.11 bits per heavy atom. The van der Waals surface area contributed by atoms with Gasteiger partial charge in [-0.05, 0) is 36.8 Å². The number of nitro groups is 1. The molecule has 2 amide bonds. The van der Waals surface area contributed by atoms with E-state index in [0.717, 1.165) is 24.5 Å². The van der Waals surface area contributed by atoms with Gasteiger partial charge in [0.15, 0.2) is 0 Å². The van der Waals surface area contributed by atoms with Crippen molar-refractivity contribution in [1.82, 2.24) is 15.5 Å². The molecule has 11 heteroatoms. The number of esters is 1.